The number of carboxylic acid groups (broad SMARTS) is 1. The molecule has 1 aromatic carbocycles. The molecule has 160 valence electrons. The van der Waals surface area contributed by atoms with Crippen molar-refractivity contribution < 1.29 is 19.5 Å². The van der Waals surface area contributed by atoms with E-state index < -0.39 is 24.0 Å². The van der Waals surface area contributed by atoms with Crippen LogP contribution in [0.3, 0.4) is 0 Å². The quantitative estimate of drug-likeness (QED) is 0.462. The summed E-state index contributed by atoms with van der Waals surface area (Å²) < 4.78 is 0. The minimum absolute atomic E-state index is 0.0168. The Kier molecular flexibility index (Phi) is 9.01. The largest absolute Gasteiger partial charge is 0.480 e. The highest BCUT2D eigenvalue weighted by molar-refractivity contribution is 7.81. The van der Waals surface area contributed by atoms with Gasteiger partial charge in [0.05, 0.1) is 0 Å². The molecular formula is C22H32N2O4S. The van der Waals surface area contributed by atoms with E-state index >= 15 is 0 Å². The van der Waals surface area contributed by atoms with E-state index in [4.69, 9.17) is 0 Å². The number of hydrogen-bond acceptors (Lipinski definition) is 4. The fourth-order valence-corrected chi connectivity index (χ4v) is 4.19. The molecule has 29 heavy (non-hydrogen) atoms. The van der Waals surface area contributed by atoms with Gasteiger partial charge in [0.2, 0.25) is 11.8 Å². The number of amides is 2. The molecule has 2 unspecified atom stereocenters. The third kappa shape index (κ3) is 7.38. The number of benzene rings is 1. The minimum Gasteiger partial charge on any atom is -0.480 e. The summed E-state index contributed by atoms with van der Waals surface area (Å²) in [5, 5.41) is 14.9. The van der Waals surface area contributed by atoms with Gasteiger partial charge in [-0.3, -0.25) is 9.59 Å². The highest BCUT2D eigenvalue weighted by Gasteiger charge is 2.32. The summed E-state index contributed by atoms with van der Waals surface area (Å²) >= 11 is 4.55. The topological polar surface area (TPSA) is 95.5 Å². The Hall–Kier alpha value is -2.02. The normalized spacial score (nSPS) is 21.2. The summed E-state index contributed by atoms with van der Waals surface area (Å²) in [5.74, 6) is -1.84. The average molecular weight is 421 g/mol. The molecule has 0 heterocycles. The number of aliphatic carboxylic acids is 1. The maximum absolute atomic E-state index is 12.9. The zero-order valence-corrected chi connectivity index (χ0v) is 18.0. The van der Waals surface area contributed by atoms with Crippen LogP contribution in [0.15, 0.2) is 30.3 Å². The molecule has 1 aliphatic rings. The van der Waals surface area contributed by atoms with E-state index in [0.717, 1.165) is 31.2 Å². The van der Waals surface area contributed by atoms with Crippen LogP contribution in [0.4, 0.5) is 0 Å². The molecule has 4 atom stereocenters. The Bertz CT molecular complexity index is 695. The Labute approximate surface area is 178 Å². The van der Waals surface area contributed by atoms with Crippen molar-refractivity contribution in [1.29, 1.82) is 0 Å². The van der Waals surface area contributed by atoms with Crippen molar-refractivity contribution in [3.63, 3.8) is 0 Å². The molecule has 0 spiro atoms. The van der Waals surface area contributed by atoms with E-state index in [1.807, 2.05) is 44.2 Å². The minimum atomic E-state index is -1.07. The van der Waals surface area contributed by atoms with Crippen molar-refractivity contribution in [2.24, 2.45) is 11.8 Å². The van der Waals surface area contributed by atoms with Crippen molar-refractivity contribution >= 4 is 30.4 Å². The zero-order valence-electron chi connectivity index (χ0n) is 17.1. The fourth-order valence-electron chi connectivity index (χ4n) is 3.72. The molecule has 1 aliphatic carbocycles. The van der Waals surface area contributed by atoms with Crippen molar-refractivity contribution in [2.75, 3.05) is 0 Å². The molecule has 0 bridgehead atoms. The van der Waals surface area contributed by atoms with Crippen LogP contribution in [0, 0.1) is 11.8 Å². The number of carbonyl (C=O) groups excluding carboxylic acids is 2. The lowest BCUT2D eigenvalue weighted by molar-refractivity contribution is -0.142. The van der Waals surface area contributed by atoms with Crippen molar-refractivity contribution in [3.8, 4) is 0 Å². The van der Waals surface area contributed by atoms with Crippen LogP contribution >= 0.6 is 12.6 Å². The summed E-state index contributed by atoms with van der Waals surface area (Å²) in [6.07, 6.45) is 4.29. The van der Waals surface area contributed by atoms with Crippen LogP contribution in [0.2, 0.25) is 0 Å². The Balaban J connectivity index is 2.13. The van der Waals surface area contributed by atoms with Gasteiger partial charge in [0.25, 0.3) is 0 Å². The summed E-state index contributed by atoms with van der Waals surface area (Å²) in [6.45, 7) is 3.81. The summed E-state index contributed by atoms with van der Waals surface area (Å²) in [7, 11) is 0. The lowest BCUT2D eigenvalue weighted by Crippen LogP contribution is -2.54. The Morgan fingerprint density at radius 2 is 1.72 bits per heavy atom. The molecule has 1 aromatic rings. The molecule has 0 aromatic heterocycles. The van der Waals surface area contributed by atoms with Gasteiger partial charge in [0.1, 0.15) is 12.1 Å². The van der Waals surface area contributed by atoms with Crippen LogP contribution in [0.5, 0.6) is 0 Å². The number of hydrogen-bond donors (Lipinski definition) is 4. The van der Waals surface area contributed by atoms with Crippen LogP contribution < -0.4 is 10.6 Å². The molecule has 1 saturated carbocycles. The van der Waals surface area contributed by atoms with Gasteiger partial charge in [0.15, 0.2) is 0 Å². The zero-order chi connectivity index (χ0) is 21.4. The molecule has 2 amide bonds. The van der Waals surface area contributed by atoms with Gasteiger partial charge in [-0.1, -0.05) is 57.0 Å². The molecular weight excluding hydrogens is 388 g/mol. The van der Waals surface area contributed by atoms with Crippen molar-refractivity contribution in [1.82, 2.24) is 10.6 Å². The van der Waals surface area contributed by atoms with E-state index in [0.29, 0.717) is 12.8 Å². The number of carboxylic acids is 1. The van der Waals surface area contributed by atoms with Crippen LogP contribution in [0.25, 0.3) is 0 Å². The van der Waals surface area contributed by atoms with Crippen LogP contribution in [0.1, 0.15) is 51.5 Å². The lowest BCUT2D eigenvalue weighted by Gasteiger charge is -2.29. The van der Waals surface area contributed by atoms with Gasteiger partial charge >= 0.3 is 5.97 Å². The summed E-state index contributed by atoms with van der Waals surface area (Å²) in [5.41, 5.74) is 0.898. The van der Waals surface area contributed by atoms with Gasteiger partial charge in [-0.05, 0) is 30.7 Å². The highest BCUT2D eigenvalue weighted by Crippen LogP contribution is 2.28. The molecule has 0 aliphatic heterocycles. The van der Waals surface area contributed by atoms with Crippen LogP contribution in [-0.4, -0.2) is 40.2 Å². The number of nitrogens with one attached hydrogen (secondary N) is 2. The third-order valence-electron chi connectivity index (χ3n) is 5.30. The maximum atomic E-state index is 12.9. The molecule has 6 nitrogen and oxygen atoms in total. The first-order valence-electron chi connectivity index (χ1n) is 10.3. The smallest absolute Gasteiger partial charge is 0.326 e. The molecule has 2 rings (SSSR count). The van der Waals surface area contributed by atoms with E-state index in [1.54, 1.807) is 0 Å². The molecule has 7 heteroatoms. The standard InChI is InChI=1S/C22H32N2O4S/c1-14(2)12-18(22(27)28)24-21(26)17(13-15-8-4-3-5-9-15)23-20(25)16-10-6-7-11-19(16)29/h3-5,8-9,14,16-19,29H,6-7,10-13H2,1-2H3,(H,23,25)(H,24,26)(H,27,28)/t16?,17-,18-,19?/m0/s1. The first kappa shape index (κ1) is 23.3. The predicted molar refractivity (Wildman–Crippen MR) is 116 cm³/mol. The number of rotatable bonds is 9. The van der Waals surface area contributed by atoms with Crippen molar-refractivity contribution in [2.45, 2.75) is 69.7 Å². The highest BCUT2D eigenvalue weighted by atomic mass is 32.1. The second-order valence-corrected chi connectivity index (χ2v) is 8.90. The van der Waals surface area contributed by atoms with Gasteiger partial charge < -0.3 is 15.7 Å². The van der Waals surface area contributed by atoms with E-state index in [1.165, 1.54) is 0 Å². The van der Waals surface area contributed by atoms with Gasteiger partial charge in [-0.25, -0.2) is 4.79 Å². The molecule has 1 fully saturated rings. The SMILES string of the molecule is CC(C)C[C@H](NC(=O)[C@H](Cc1ccccc1)NC(=O)C1CCCCC1S)C(=O)O. The van der Waals surface area contributed by atoms with Gasteiger partial charge in [-0.15, -0.1) is 0 Å². The molecule has 0 radical (unpaired) electrons. The predicted octanol–water partition coefficient (Wildman–Crippen LogP) is 2.82. The maximum Gasteiger partial charge on any atom is 0.326 e. The molecule has 0 saturated heterocycles. The van der Waals surface area contributed by atoms with Gasteiger partial charge in [0, 0.05) is 17.6 Å². The van der Waals surface area contributed by atoms with E-state index in [2.05, 4.69) is 23.3 Å². The Morgan fingerprint density at radius 1 is 1.07 bits per heavy atom. The monoisotopic (exact) mass is 420 g/mol. The van der Waals surface area contributed by atoms with Crippen LogP contribution in [-0.2, 0) is 20.8 Å². The Morgan fingerprint density at radius 3 is 2.31 bits per heavy atom. The number of thiol groups is 1. The van der Waals surface area contributed by atoms with E-state index in [-0.39, 0.29) is 23.0 Å². The second kappa shape index (κ2) is 11.2. The lowest BCUT2D eigenvalue weighted by atomic mass is 9.87. The third-order valence-corrected chi connectivity index (χ3v) is 5.92. The fraction of sp³-hybridized carbons (Fsp3) is 0.591. The molecule has 3 N–H and O–H groups in total. The summed E-state index contributed by atoms with van der Waals surface area (Å²) in [4.78, 5) is 37.3. The van der Waals surface area contributed by atoms with Crippen molar-refractivity contribution in [3.05, 3.63) is 35.9 Å². The number of carbonyl (C=O) groups is 3. The first-order chi connectivity index (χ1) is 13.8. The first-order valence-corrected chi connectivity index (χ1v) is 10.8. The summed E-state index contributed by atoms with van der Waals surface area (Å²) in [6, 6.07) is 7.58. The average Bonchev–Trinajstić information content (AvgIpc) is 2.67. The van der Waals surface area contributed by atoms with Gasteiger partial charge in [-0.2, -0.15) is 12.6 Å². The second-order valence-electron chi connectivity index (χ2n) is 8.24. The van der Waals surface area contributed by atoms with E-state index in [9.17, 15) is 19.5 Å².